The van der Waals surface area contributed by atoms with Gasteiger partial charge in [-0.2, -0.15) is 0 Å². The molecule has 1 aliphatic heterocycles. The van der Waals surface area contributed by atoms with E-state index in [0.717, 1.165) is 41.2 Å². The molecule has 0 saturated carbocycles. The quantitative estimate of drug-likeness (QED) is 0.908. The molecular formula is C14H17BrClNO. The van der Waals surface area contributed by atoms with Gasteiger partial charge in [-0.1, -0.05) is 45.2 Å². The molecule has 1 heterocycles. The Kier molecular flexibility index (Phi) is 5.25. The topological polar surface area (TPSA) is 21.3 Å². The Hall–Kier alpha value is -0.350. The Labute approximate surface area is 121 Å². The maximum atomic E-state index is 6.20. The van der Waals surface area contributed by atoms with E-state index in [1.165, 1.54) is 5.57 Å². The highest BCUT2D eigenvalue weighted by Crippen LogP contribution is 2.24. The zero-order valence-corrected chi connectivity index (χ0v) is 12.7. The van der Waals surface area contributed by atoms with E-state index >= 15 is 0 Å². The molecule has 2 nitrogen and oxygen atoms in total. The molecule has 0 aromatic heterocycles. The van der Waals surface area contributed by atoms with Crippen molar-refractivity contribution >= 4 is 33.6 Å². The third kappa shape index (κ3) is 4.09. The molecule has 0 radical (unpaired) electrons. The van der Waals surface area contributed by atoms with E-state index in [1.807, 2.05) is 18.2 Å². The van der Waals surface area contributed by atoms with E-state index < -0.39 is 0 Å². The molecule has 1 atom stereocenters. The lowest BCUT2D eigenvalue weighted by Gasteiger charge is -2.24. The average molecular weight is 331 g/mol. The maximum absolute atomic E-state index is 6.20. The van der Waals surface area contributed by atoms with Crippen LogP contribution >= 0.6 is 27.5 Å². The van der Waals surface area contributed by atoms with Crippen molar-refractivity contribution in [1.29, 1.82) is 0 Å². The van der Waals surface area contributed by atoms with E-state index in [1.54, 1.807) is 0 Å². The first kappa shape index (κ1) is 14.1. The van der Waals surface area contributed by atoms with Crippen molar-refractivity contribution in [2.45, 2.75) is 19.4 Å². The molecule has 0 spiro atoms. The summed E-state index contributed by atoms with van der Waals surface area (Å²) >= 11 is 9.61. The van der Waals surface area contributed by atoms with Crippen LogP contribution in [0.4, 0.5) is 0 Å². The Morgan fingerprint density at radius 3 is 3.11 bits per heavy atom. The molecular weight excluding hydrogens is 314 g/mol. The predicted molar refractivity (Wildman–Crippen MR) is 80.0 cm³/mol. The SMILES string of the molecule is C/C(=C/c1ccc(Br)cc1Cl)CC1COCCN1. The Morgan fingerprint density at radius 1 is 1.61 bits per heavy atom. The van der Waals surface area contributed by atoms with E-state index in [4.69, 9.17) is 16.3 Å². The van der Waals surface area contributed by atoms with Crippen molar-refractivity contribution in [3.63, 3.8) is 0 Å². The van der Waals surface area contributed by atoms with E-state index in [0.29, 0.717) is 6.04 Å². The minimum atomic E-state index is 0.421. The van der Waals surface area contributed by atoms with E-state index in [-0.39, 0.29) is 0 Å². The molecule has 0 bridgehead atoms. The van der Waals surface area contributed by atoms with Crippen molar-refractivity contribution in [2.75, 3.05) is 19.8 Å². The fourth-order valence-electron chi connectivity index (χ4n) is 2.08. The molecule has 2 rings (SSSR count). The van der Waals surface area contributed by atoms with Gasteiger partial charge in [0.15, 0.2) is 0 Å². The van der Waals surface area contributed by atoms with Crippen molar-refractivity contribution in [1.82, 2.24) is 5.32 Å². The summed E-state index contributed by atoms with van der Waals surface area (Å²) in [6, 6.07) is 6.38. The number of benzene rings is 1. The van der Waals surface area contributed by atoms with Gasteiger partial charge in [0.25, 0.3) is 0 Å². The van der Waals surface area contributed by atoms with Crippen molar-refractivity contribution in [3.05, 3.63) is 38.8 Å². The highest BCUT2D eigenvalue weighted by atomic mass is 79.9. The summed E-state index contributed by atoms with van der Waals surface area (Å²) in [4.78, 5) is 0. The molecule has 1 unspecified atom stereocenters. The number of halogens is 2. The number of morpholine rings is 1. The first-order valence-electron chi connectivity index (χ1n) is 6.08. The van der Waals surface area contributed by atoms with Gasteiger partial charge in [-0.15, -0.1) is 0 Å². The highest BCUT2D eigenvalue weighted by Gasteiger charge is 2.13. The van der Waals surface area contributed by atoms with Gasteiger partial charge in [-0.25, -0.2) is 0 Å². The summed E-state index contributed by atoms with van der Waals surface area (Å²) in [6.07, 6.45) is 3.14. The van der Waals surface area contributed by atoms with Crippen LogP contribution in [-0.2, 0) is 4.74 Å². The van der Waals surface area contributed by atoms with Crippen LogP contribution in [0.3, 0.4) is 0 Å². The number of ether oxygens (including phenoxy) is 1. The lowest BCUT2D eigenvalue weighted by molar-refractivity contribution is 0.0771. The third-order valence-corrected chi connectivity index (χ3v) is 3.75. The number of hydrogen-bond acceptors (Lipinski definition) is 2. The standard InChI is InChI=1S/C14H17BrClNO/c1-10(7-13-9-18-5-4-17-13)6-11-2-3-12(15)8-14(11)16/h2-3,6,8,13,17H,4-5,7,9H2,1H3/b10-6-. The summed E-state index contributed by atoms with van der Waals surface area (Å²) < 4.78 is 6.45. The summed E-state index contributed by atoms with van der Waals surface area (Å²) in [6.45, 7) is 4.68. The molecule has 1 aromatic carbocycles. The van der Waals surface area contributed by atoms with Crippen LogP contribution in [0.15, 0.2) is 28.2 Å². The van der Waals surface area contributed by atoms with Gasteiger partial charge in [0, 0.05) is 22.1 Å². The van der Waals surface area contributed by atoms with Crippen LogP contribution in [0.25, 0.3) is 6.08 Å². The molecule has 18 heavy (non-hydrogen) atoms. The first-order valence-corrected chi connectivity index (χ1v) is 7.25. The molecule has 1 saturated heterocycles. The van der Waals surface area contributed by atoms with Crippen LogP contribution in [0.5, 0.6) is 0 Å². The van der Waals surface area contributed by atoms with Crippen LogP contribution in [0, 0.1) is 0 Å². The molecule has 1 aromatic rings. The Bertz CT molecular complexity index is 441. The largest absolute Gasteiger partial charge is 0.379 e. The first-order chi connectivity index (χ1) is 8.65. The molecule has 98 valence electrons. The van der Waals surface area contributed by atoms with Gasteiger partial charge in [0.1, 0.15) is 0 Å². The Balaban J connectivity index is 2.02. The highest BCUT2D eigenvalue weighted by molar-refractivity contribution is 9.10. The van der Waals surface area contributed by atoms with Crippen LogP contribution in [-0.4, -0.2) is 25.8 Å². The third-order valence-electron chi connectivity index (χ3n) is 2.93. The molecule has 0 amide bonds. The van der Waals surface area contributed by atoms with E-state index in [9.17, 15) is 0 Å². The number of rotatable bonds is 3. The molecule has 4 heteroatoms. The molecule has 1 fully saturated rings. The van der Waals surface area contributed by atoms with Crippen LogP contribution in [0.2, 0.25) is 5.02 Å². The van der Waals surface area contributed by atoms with Crippen LogP contribution in [0.1, 0.15) is 18.9 Å². The monoisotopic (exact) mass is 329 g/mol. The fraction of sp³-hybridized carbons (Fsp3) is 0.429. The van der Waals surface area contributed by atoms with Gasteiger partial charge in [0.05, 0.1) is 13.2 Å². The van der Waals surface area contributed by atoms with Gasteiger partial charge >= 0.3 is 0 Å². The summed E-state index contributed by atoms with van der Waals surface area (Å²) in [5, 5.41) is 4.23. The zero-order chi connectivity index (χ0) is 13.0. The smallest absolute Gasteiger partial charge is 0.0623 e. The average Bonchev–Trinajstić information content (AvgIpc) is 2.34. The molecule has 1 N–H and O–H groups in total. The second kappa shape index (κ2) is 6.71. The van der Waals surface area contributed by atoms with Crippen molar-refractivity contribution in [3.8, 4) is 0 Å². The van der Waals surface area contributed by atoms with Gasteiger partial charge in [0.2, 0.25) is 0 Å². The summed E-state index contributed by atoms with van der Waals surface area (Å²) in [5.41, 5.74) is 2.37. The summed E-state index contributed by atoms with van der Waals surface area (Å²) in [7, 11) is 0. The number of nitrogens with one attached hydrogen (secondary N) is 1. The van der Waals surface area contributed by atoms with Gasteiger partial charge < -0.3 is 10.1 Å². The predicted octanol–water partition coefficient (Wildman–Crippen LogP) is 3.88. The number of hydrogen-bond donors (Lipinski definition) is 1. The summed E-state index contributed by atoms with van der Waals surface area (Å²) in [5.74, 6) is 0. The Morgan fingerprint density at radius 2 is 2.44 bits per heavy atom. The van der Waals surface area contributed by atoms with E-state index in [2.05, 4.69) is 34.2 Å². The minimum Gasteiger partial charge on any atom is -0.379 e. The fourth-order valence-corrected chi connectivity index (χ4v) is 2.81. The van der Waals surface area contributed by atoms with Gasteiger partial charge in [-0.3, -0.25) is 0 Å². The molecule has 0 aliphatic carbocycles. The van der Waals surface area contributed by atoms with Crippen molar-refractivity contribution < 1.29 is 4.74 Å². The minimum absolute atomic E-state index is 0.421. The zero-order valence-electron chi connectivity index (χ0n) is 10.4. The van der Waals surface area contributed by atoms with Crippen molar-refractivity contribution in [2.24, 2.45) is 0 Å². The lowest BCUT2D eigenvalue weighted by Crippen LogP contribution is -2.41. The molecule has 1 aliphatic rings. The van der Waals surface area contributed by atoms with Crippen LogP contribution < -0.4 is 5.32 Å². The van der Waals surface area contributed by atoms with Gasteiger partial charge in [-0.05, 0) is 31.0 Å². The second-order valence-electron chi connectivity index (χ2n) is 4.59. The normalized spacial score (nSPS) is 21.1. The maximum Gasteiger partial charge on any atom is 0.0623 e. The second-order valence-corrected chi connectivity index (χ2v) is 5.91. The lowest BCUT2D eigenvalue weighted by atomic mass is 10.0.